The van der Waals surface area contributed by atoms with Crippen molar-refractivity contribution in [1.29, 1.82) is 0 Å². The second-order valence-corrected chi connectivity index (χ2v) is 5.29. The third-order valence-corrected chi connectivity index (χ3v) is 3.47. The topological polar surface area (TPSA) is 45.7 Å². The minimum Gasteiger partial charge on any atom is -0.379 e. The van der Waals surface area contributed by atoms with Gasteiger partial charge in [0.15, 0.2) is 5.96 Å². The third-order valence-electron chi connectivity index (χ3n) is 3.47. The second kappa shape index (κ2) is 10.00. The van der Waals surface area contributed by atoms with Crippen LogP contribution in [0.5, 0.6) is 0 Å². The Kier molecular flexibility index (Phi) is 8.68. The lowest BCUT2D eigenvalue weighted by molar-refractivity contribution is 0.129. The standard InChI is InChI=1S/C16H25N3O.HI/c1-13(15-6-4-3-5-7-15)19-16(17-2)18-10-11-20-12-14-8-9-14;/h3-7,13-14H,8-12H2,1-2H3,(H2,17,18,19);1H. The molecule has 0 amide bonds. The number of halogens is 1. The Morgan fingerprint density at radius 1 is 1.33 bits per heavy atom. The van der Waals surface area contributed by atoms with Gasteiger partial charge in [0.1, 0.15) is 0 Å². The smallest absolute Gasteiger partial charge is 0.191 e. The van der Waals surface area contributed by atoms with Crippen molar-refractivity contribution in [3.8, 4) is 0 Å². The molecule has 118 valence electrons. The van der Waals surface area contributed by atoms with E-state index in [2.05, 4.69) is 46.8 Å². The van der Waals surface area contributed by atoms with Gasteiger partial charge in [-0.05, 0) is 31.2 Å². The number of guanidine groups is 1. The fourth-order valence-corrected chi connectivity index (χ4v) is 2.00. The molecule has 0 saturated heterocycles. The first kappa shape index (κ1) is 18.2. The normalized spacial score (nSPS) is 16.0. The van der Waals surface area contributed by atoms with Crippen LogP contribution in [0.1, 0.15) is 31.4 Å². The zero-order valence-electron chi connectivity index (χ0n) is 12.8. The van der Waals surface area contributed by atoms with E-state index in [0.29, 0.717) is 0 Å². The summed E-state index contributed by atoms with van der Waals surface area (Å²) in [6, 6.07) is 10.6. The van der Waals surface area contributed by atoms with Crippen molar-refractivity contribution < 1.29 is 4.74 Å². The highest BCUT2D eigenvalue weighted by molar-refractivity contribution is 14.0. The summed E-state index contributed by atoms with van der Waals surface area (Å²) in [6.07, 6.45) is 2.68. The van der Waals surface area contributed by atoms with Crippen LogP contribution in [-0.2, 0) is 4.74 Å². The van der Waals surface area contributed by atoms with Crippen molar-refractivity contribution in [1.82, 2.24) is 10.6 Å². The third kappa shape index (κ3) is 7.13. The zero-order valence-corrected chi connectivity index (χ0v) is 15.2. The number of aliphatic imine (C=N–C) groups is 1. The number of hydrogen-bond donors (Lipinski definition) is 2. The Bertz CT molecular complexity index is 421. The summed E-state index contributed by atoms with van der Waals surface area (Å²) in [5.74, 6) is 1.64. The van der Waals surface area contributed by atoms with Gasteiger partial charge in [0.2, 0.25) is 0 Å². The Morgan fingerprint density at radius 2 is 2.05 bits per heavy atom. The first-order valence-corrected chi connectivity index (χ1v) is 7.39. The molecule has 1 atom stereocenters. The first-order chi connectivity index (χ1) is 9.79. The Hall–Kier alpha value is -0.820. The second-order valence-electron chi connectivity index (χ2n) is 5.29. The highest BCUT2D eigenvalue weighted by Crippen LogP contribution is 2.28. The highest BCUT2D eigenvalue weighted by atomic mass is 127. The molecule has 0 heterocycles. The summed E-state index contributed by atoms with van der Waals surface area (Å²) in [5.41, 5.74) is 1.25. The molecule has 0 aromatic heterocycles. The fraction of sp³-hybridized carbons (Fsp3) is 0.562. The number of rotatable bonds is 7. The van der Waals surface area contributed by atoms with Gasteiger partial charge in [-0.3, -0.25) is 4.99 Å². The molecule has 0 aliphatic heterocycles. The lowest BCUT2D eigenvalue weighted by Gasteiger charge is -2.18. The summed E-state index contributed by atoms with van der Waals surface area (Å²) in [7, 11) is 1.79. The van der Waals surface area contributed by atoms with Crippen LogP contribution in [0.4, 0.5) is 0 Å². The SMILES string of the molecule is CN=C(NCCOCC1CC1)NC(C)c1ccccc1.I. The molecule has 1 unspecified atom stereocenters. The van der Waals surface area contributed by atoms with Crippen molar-refractivity contribution >= 4 is 29.9 Å². The molecule has 1 aliphatic carbocycles. The Balaban J connectivity index is 0.00000220. The number of hydrogen-bond acceptors (Lipinski definition) is 2. The summed E-state index contributed by atoms with van der Waals surface area (Å²) in [6.45, 7) is 4.56. The van der Waals surface area contributed by atoms with Crippen LogP contribution in [-0.4, -0.2) is 32.8 Å². The molecule has 0 radical (unpaired) electrons. The molecule has 1 fully saturated rings. The van der Waals surface area contributed by atoms with Gasteiger partial charge < -0.3 is 15.4 Å². The molecule has 5 heteroatoms. The van der Waals surface area contributed by atoms with Gasteiger partial charge in [0.05, 0.1) is 12.6 Å². The summed E-state index contributed by atoms with van der Waals surface area (Å²) >= 11 is 0. The molecular formula is C16H26IN3O. The molecule has 1 aliphatic rings. The minimum absolute atomic E-state index is 0. The molecule has 1 saturated carbocycles. The lowest BCUT2D eigenvalue weighted by Crippen LogP contribution is -2.40. The lowest BCUT2D eigenvalue weighted by atomic mass is 10.1. The van der Waals surface area contributed by atoms with Gasteiger partial charge in [-0.2, -0.15) is 0 Å². The van der Waals surface area contributed by atoms with E-state index in [1.807, 2.05) is 6.07 Å². The molecule has 4 nitrogen and oxygen atoms in total. The van der Waals surface area contributed by atoms with Crippen LogP contribution < -0.4 is 10.6 Å². The van der Waals surface area contributed by atoms with Crippen molar-refractivity contribution in [3.63, 3.8) is 0 Å². The predicted molar refractivity (Wildman–Crippen MR) is 98.3 cm³/mol. The maximum Gasteiger partial charge on any atom is 0.191 e. The zero-order chi connectivity index (χ0) is 14.2. The molecular weight excluding hydrogens is 377 g/mol. The van der Waals surface area contributed by atoms with Gasteiger partial charge in [0, 0.05) is 20.2 Å². The molecule has 0 bridgehead atoms. The fourth-order valence-electron chi connectivity index (χ4n) is 2.00. The van der Waals surface area contributed by atoms with Gasteiger partial charge >= 0.3 is 0 Å². The maximum atomic E-state index is 5.60. The van der Waals surface area contributed by atoms with E-state index < -0.39 is 0 Å². The van der Waals surface area contributed by atoms with Crippen molar-refractivity contribution in [2.24, 2.45) is 10.9 Å². The van der Waals surface area contributed by atoms with Crippen molar-refractivity contribution in [2.45, 2.75) is 25.8 Å². The molecule has 2 rings (SSSR count). The van der Waals surface area contributed by atoms with Gasteiger partial charge in [0.25, 0.3) is 0 Å². The molecule has 2 N–H and O–H groups in total. The Labute approximate surface area is 144 Å². The average Bonchev–Trinajstić information content (AvgIpc) is 3.30. The molecule has 1 aromatic carbocycles. The maximum absolute atomic E-state index is 5.60. The number of ether oxygens (including phenoxy) is 1. The largest absolute Gasteiger partial charge is 0.379 e. The van der Waals surface area contributed by atoms with Crippen LogP contribution in [0.2, 0.25) is 0 Å². The molecule has 0 spiro atoms. The van der Waals surface area contributed by atoms with Crippen molar-refractivity contribution in [3.05, 3.63) is 35.9 Å². The van der Waals surface area contributed by atoms with Gasteiger partial charge in [-0.25, -0.2) is 0 Å². The van der Waals surface area contributed by atoms with Gasteiger partial charge in [-0.15, -0.1) is 24.0 Å². The summed E-state index contributed by atoms with van der Waals surface area (Å²) in [4.78, 5) is 4.24. The van der Waals surface area contributed by atoms with E-state index in [0.717, 1.165) is 31.6 Å². The quantitative estimate of drug-likeness (QED) is 0.319. The molecule has 1 aromatic rings. The monoisotopic (exact) mass is 403 g/mol. The van der Waals surface area contributed by atoms with E-state index in [9.17, 15) is 0 Å². The van der Waals surface area contributed by atoms with Crippen LogP contribution in [0, 0.1) is 5.92 Å². The van der Waals surface area contributed by atoms with Crippen LogP contribution in [0.3, 0.4) is 0 Å². The van der Waals surface area contributed by atoms with Crippen LogP contribution in [0.15, 0.2) is 35.3 Å². The Morgan fingerprint density at radius 3 is 2.67 bits per heavy atom. The van der Waals surface area contributed by atoms with Crippen molar-refractivity contribution in [2.75, 3.05) is 26.8 Å². The highest BCUT2D eigenvalue weighted by Gasteiger charge is 2.20. The summed E-state index contributed by atoms with van der Waals surface area (Å²) in [5, 5.41) is 6.66. The number of nitrogens with zero attached hydrogens (tertiary/aromatic N) is 1. The average molecular weight is 403 g/mol. The van der Waals surface area contributed by atoms with E-state index in [-0.39, 0.29) is 30.0 Å². The van der Waals surface area contributed by atoms with Gasteiger partial charge in [-0.1, -0.05) is 30.3 Å². The summed E-state index contributed by atoms with van der Waals surface area (Å²) < 4.78 is 5.60. The number of nitrogens with one attached hydrogen (secondary N) is 2. The van der Waals surface area contributed by atoms with E-state index in [4.69, 9.17) is 4.74 Å². The first-order valence-electron chi connectivity index (χ1n) is 7.39. The van der Waals surface area contributed by atoms with E-state index in [1.165, 1.54) is 18.4 Å². The van der Waals surface area contributed by atoms with Crippen LogP contribution in [0.25, 0.3) is 0 Å². The van der Waals surface area contributed by atoms with Crippen LogP contribution >= 0.6 is 24.0 Å². The predicted octanol–water partition coefficient (Wildman–Crippen LogP) is 2.96. The van der Waals surface area contributed by atoms with E-state index >= 15 is 0 Å². The minimum atomic E-state index is 0. The number of benzene rings is 1. The molecule has 21 heavy (non-hydrogen) atoms. The van der Waals surface area contributed by atoms with E-state index in [1.54, 1.807) is 7.05 Å².